The molecule has 5 heteroatoms. The first-order valence-electron chi connectivity index (χ1n) is 7.24. The number of benzene rings is 2. The van der Waals surface area contributed by atoms with Gasteiger partial charge in [0.05, 0.1) is 12.8 Å². The molecule has 0 radical (unpaired) electrons. The number of nitrogens with one attached hydrogen (secondary N) is 1. The second-order valence-corrected chi connectivity index (χ2v) is 5.82. The van der Waals surface area contributed by atoms with Crippen molar-refractivity contribution in [1.82, 2.24) is 0 Å². The van der Waals surface area contributed by atoms with Gasteiger partial charge >= 0.3 is 0 Å². The number of carbonyl (C=O) groups is 1. The SMILES string of the molecule is COc1ccc(Cl)cc1NC(=O)COc1cc(C)c(C)cc1C. The maximum Gasteiger partial charge on any atom is 0.262 e. The van der Waals surface area contributed by atoms with Gasteiger partial charge in [-0.2, -0.15) is 0 Å². The molecule has 122 valence electrons. The molecule has 0 aliphatic rings. The zero-order chi connectivity index (χ0) is 17.0. The van der Waals surface area contributed by atoms with Crippen molar-refractivity contribution < 1.29 is 14.3 Å². The van der Waals surface area contributed by atoms with Crippen LogP contribution in [0.15, 0.2) is 30.3 Å². The molecule has 0 saturated heterocycles. The Balaban J connectivity index is 2.04. The molecule has 0 fully saturated rings. The number of aryl methyl sites for hydroxylation is 3. The van der Waals surface area contributed by atoms with Crippen LogP contribution in [0.25, 0.3) is 0 Å². The Hall–Kier alpha value is -2.20. The molecule has 2 rings (SSSR count). The Morgan fingerprint density at radius 1 is 1.04 bits per heavy atom. The molecule has 0 aliphatic heterocycles. The average Bonchev–Trinajstić information content (AvgIpc) is 2.50. The van der Waals surface area contributed by atoms with Crippen molar-refractivity contribution in [3.63, 3.8) is 0 Å². The predicted molar refractivity (Wildman–Crippen MR) is 92.8 cm³/mol. The van der Waals surface area contributed by atoms with Crippen molar-refractivity contribution in [2.24, 2.45) is 0 Å². The van der Waals surface area contributed by atoms with Crippen molar-refractivity contribution in [3.05, 3.63) is 52.0 Å². The standard InChI is InChI=1S/C18H20ClNO3/c1-11-7-13(3)17(8-12(11)2)23-10-18(21)20-15-9-14(19)5-6-16(15)22-4/h5-9H,10H2,1-4H3,(H,20,21). The van der Waals surface area contributed by atoms with Crippen molar-refractivity contribution in [2.45, 2.75) is 20.8 Å². The molecule has 0 heterocycles. The summed E-state index contributed by atoms with van der Waals surface area (Å²) in [6, 6.07) is 9.03. The summed E-state index contributed by atoms with van der Waals surface area (Å²) in [6.07, 6.45) is 0. The fraction of sp³-hybridized carbons (Fsp3) is 0.278. The van der Waals surface area contributed by atoms with E-state index in [4.69, 9.17) is 21.1 Å². The molecule has 2 aromatic carbocycles. The van der Waals surface area contributed by atoms with Gasteiger partial charge in [0.1, 0.15) is 11.5 Å². The highest BCUT2D eigenvalue weighted by Gasteiger charge is 2.10. The van der Waals surface area contributed by atoms with Gasteiger partial charge in [0, 0.05) is 5.02 Å². The molecule has 0 spiro atoms. The molecule has 1 amide bonds. The fourth-order valence-corrected chi connectivity index (χ4v) is 2.37. The molecule has 0 aromatic heterocycles. The molecule has 4 nitrogen and oxygen atoms in total. The summed E-state index contributed by atoms with van der Waals surface area (Å²) >= 11 is 5.95. The first kappa shape index (κ1) is 17.2. The van der Waals surface area contributed by atoms with Crippen LogP contribution in [0.3, 0.4) is 0 Å². The Bertz CT molecular complexity index is 728. The van der Waals surface area contributed by atoms with Gasteiger partial charge in [-0.1, -0.05) is 17.7 Å². The van der Waals surface area contributed by atoms with Crippen molar-refractivity contribution in [2.75, 3.05) is 19.0 Å². The second kappa shape index (κ2) is 7.38. The molecular formula is C18H20ClNO3. The normalized spacial score (nSPS) is 10.3. The largest absolute Gasteiger partial charge is 0.495 e. The highest BCUT2D eigenvalue weighted by Crippen LogP contribution is 2.28. The first-order chi connectivity index (χ1) is 10.9. The minimum Gasteiger partial charge on any atom is -0.495 e. The number of anilines is 1. The minimum absolute atomic E-state index is 0.0843. The number of methoxy groups -OCH3 is 1. The van der Waals surface area contributed by atoms with Crippen LogP contribution >= 0.6 is 11.6 Å². The third-order valence-corrected chi connectivity index (χ3v) is 3.82. The summed E-state index contributed by atoms with van der Waals surface area (Å²) in [7, 11) is 1.54. The Morgan fingerprint density at radius 3 is 2.43 bits per heavy atom. The minimum atomic E-state index is -0.275. The summed E-state index contributed by atoms with van der Waals surface area (Å²) in [6.45, 7) is 5.93. The van der Waals surface area contributed by atoms with Crippen molar-refractivity contribution >= 4 is 23.2 Å². The van der Waals surface area contributed by atoms with Crippen LogP contribution in [-0.2, 0) is 4.79 Å². The first-order valence-corrected chi connectivity index (χ1v) is 7.62. The van der Waals surface area contributed by atoms with Gasteiger partial charge < -0.3 is 14.8 Å². The van der Waals surface area contributed by atoms with Gasteiger partial charge in [-0.05, 0) is 61.7 Å². The number of amides is 1. The van der Waals surface area contributed by atoms with E-state index in [2.05, 4.69) is 5.32 Å². The lowest BCUT2D eigenvalue weighted by atomic mass is 10.1. The molecule has 0 bridgehead atoms. The van der Waals surface area contributed by atoms with Gasteiger partial charge in [0.2, 0.25) is 0 Å². The van der Waals surface area contributed by atoms with Gasteiger partial charge in [0.25, 0.3) is 5.91 Å². The quantitative estimate of drug-likeness (QED) is 0.887. The lowest BCUT2D eigenvalue weighted by molar-refractivity contribution is -0.118. The number of halogens is 1. The number of carbonyl (C=O) groups excluding carboxylic acids is 1. The smallest absolute Gasteiger partial charge is 0.262 e. The monoisotopic (exact) mass is 333 g/mol. The third kappa shape index (κ3) is 4.39. The number of hydrogen-bond acceptors (Lipinski definition) is 3. The topological polar surface area (TPSA) is 47.6 Å². The second-order valence-electron chi connectivity index (χ2n) is 5.38. The van der Waals surface area contributed by atoms with E-state index in [0.717, 1.165) is 11.1 Å². The fourth-order valence-electron chi connectivity index (χ4n) is 2.20. The molecule has 0 unspecified atom stereocenters. The maximum absolute atomic E-state index is 12.1. The molecular weight excluding hydrogens is 314 g/mol. The van der Waals surface area contributed by atoms with Gasteiger partial charge in [0.15, 0.2) is 6.61 Å². The molecule has 0 atom stereocenters. The summed E-state index contributed by atoms with van der Waals surface area (Å²) in [5.41, 5.74) is 3.84. The lowest BCUT2D eigenvalue weighted by Gasteiger charge is -2.13. The van der Waals surface area contributed by atoms with E-state index >= 15 is 0 Å². The van der Waals surface area contributed by atoms with Crippen molar-refractivity contribution in [3.8, 4) is 11.5 Å². The maximum atomic E-state index is 12.1. The number of hydrogen-bond donors (Lipinski definition) is 1. The van der Waals surface area contributed by atoms with Gasteiger partial charge in [-0.15, -0.1) is 0 Å². The molecule has 0 aliphatic carbocycles. The van der Waals surface area contributed by atoms with E-state index < -0.39 is 0 Å². The summed E-state index contributed by atoms with van der Waals surface area (Å²) in [5.74, 6) is 0.981. The summed E-state index contributed by atoms with van der Waals surface area (Å²) in [5, 5.41) is 3.26. The zero-order valence-electron chi connectivity index (χ0n) is 13.7. The third-order valence-electron chi connectivity index (χ3n) is 3.59. The Labute approximate surface area is 141 Å². The Morgan fingerprint density at radius 2 is 1.74 bits per heavy atom. The zero-order valence-corrected chi connectivity index (χ0v) is 14.5. The van der Waals surface area contributed by atoms with Gasteiger partial charge in [-0.3, -0.25) is 4.79 Å². The van der Waals surface area contributed by atoms with Crippen LogP contribution in [0.2, 0.25) is 5.02 Å². The van der Waals surface area contributed by atoms with Crippen LogP contribution in [0, 0.1) is 20.8 Å². The average molecular weight is 334 g/mol. The Kier molecular flexibility index (Phi) is 5.50. The van der Waals surface area contributed by atoms with Crippen molar-refractivity contribution in [1.29, 1.82) is 0 Å². The number of rotatable bonds is 5. The molecule has 1 N–H and O–H groups in total. The molecule has 0 saturated carbocycles. The summed E-state index contributed by atoms with van der Waals surface area (Å²) in [4.78, 5) is 12.1. The highest BCUT2D eigenvalue weighted by molar-refractivity contribution is 6.31. The molecule has 23 heavy (non-hydrogen) atoms. The van der Waals surface area contributed by atoms with E-state index in [1.807, 2.05) is 32.9 Å². The van der Waals surface area contributed by atoms with E-state index in [-0.39, 0.29) is 12.5 Å². The molecule has 2 aromatic rings. The van der Waals surface area contributed by atoms with E-state index in [1.54, 1.807) is 18.2 Å². The number of ether oxygens (including phenoxy) is 2. The van der Waals surface area contributed by atoms with E-state index in [0.29, 0.717) is 22.2 Å². The van der Waals surface area contributed by atoms with Crippen LogP contribution in [0.5, 0.6) is 11.5 Å². The van der Waals surface area contributed by atoms with Crippen LogP contribution in [0.4, 0.5) is 5.69 Å². The van der Waals surface area contributed by atoms with Gasteiger partial charge in [-0.25, -0.2) is 0 Å². The van der Waals surface area contributed by atoms with E-state index in [1.165, 1.54) is 12.7 Å². The van der Waals surface area contributed by atoms with Crippen LogP contribution in [-0.4, -0.2) is 19.6 Å². The summed E-state index contributed by atoms with van der Waals surface area (Å²) < 4.78 is 10.8. The highest BCUT2D eigenvalue weighted by atomic mass is 35.5. The van der Waals surface area contributed by atoms with Crippen LogP contribution < -0.4 is 14.8 Å². The van der Waals surface area contributed by atoms with E-state index in [9.17, 15) is 4.79 Å². The predicted octanol–water partition coefficient (Wildman–Crippen LogP) is 4.29. The van der Waals surface area contributed by atoms with Crippen LogP contribution in [0.1, 0.15) is 16.7 Å². The lowest BCUT2D eigenvalue weighted by Crippen LogP contribution is -2.20.